The summed E-state index contributed by atoms with van der Waals surface area (Å²) in [4.78, 5) is 18.3. The first kappa shape index (κ1) is 22.0. The van der Waals surface area contributed by atoms with Gasteiger partial charge in [-0.15, -0.1) is 0 Å². The number of amides is 1. The molecule has 1 aromatic rings. The number of aliphatic imine (C=N–C) groups is 1. The molecule has 1 atom stereocenters. The second-order valence-corrected chi connectivity index (χ2v) is 8.07. The van der Waals surface area contributed by atoms with E-state index < -0.39 is 11.7 Å². The number of benzene rings is 1. The van der Waals surface area contributed by atoms with Gasteiger partial charge in [0.2, 0.25) is 0 Å². The van der Waals surface area contributed by atoms with Crippen LogP contribution in [0.1, 0.15) is 43.6 Å². The third kappa shape index (κ3) is 6.71. The second kappa shape index (κ2) is 9.78. The van der Waals surface area contributed by atoms with Gasteiger partial charge in [0.05, 0.1) is 13.2 Å². The quantitative estimate of drug-likeness (QED) is 0.470. The highest BCUT2D eigenvalue weighted by Gasteiger charge is 2.25. The van der Waals surface area contributed by atoms with Crippen LogP contribution in [-0.2, 0) is 9.47 Å². The Morgan fingerprint density at radius 1 is 1.29 bits per heavy atom. The third-order valence-corrected chi connectivity index (χ3v) is 4.43. The molecule has 1 amide bonds. The van der Waals surface area contributed by atoms with Crippen LogP contribution in [-0.4, -0.2) is 62.4 Å². The van der Waals surface area contributed by atoms with Crippen LogP contribution in [0.5, 0.6) is 0 Å². The number of nitrogens with zero attached hydrogens (tertiary/aromatic N) is 2. The van der Waals surface area contributed by atoms with E-state index in [4.69, 9.17) is 9.47 Å². The van der Waals surface area contributed by atoms with Crippen molar-refractivity contribution in [2.45, 2.75) is 46.3 Å². The summed E-state index contributed by atoms with van der Waals surface area (Å²) in [6.07, 6.45) is -0.390. The van der Waals surface area contributed by atoms with E-state index in [-0.39, 0.29) is 6.10 Å². The summed E-state index contributed by atoms with van der Waals surface area (Å²) in [7, 11) is 1.77. The van der Waals surface area contributed by atoms with Crippen LogP contribution in [0.4, 0.5) is 4.79 Å². The molecular weight excluding hydrogens is 356 g/mol. The van der Waals surface area contributed by atoms with Crippen LogP contribution in [0.15, 0.2) is 23.2 Å². The fourth-order valence-corrected chi connectivity index (χ4v) is 3.20. The van der Waals surface area contributed by atoms with Crippen molar-refractivity contribution in [1.29, 1.82) is 0 Å². The predicted octanol–water partition coefficient (Wildman–Crippen LogP) is 2.78. The van der Waals surface area contributed by atoms with Gasteiger partial charge in [-0.2, -0.15) is 0 Å². The molecule has 1 fully saturated rings. The minimum Gasteiger partial charge on any atom is -0.444 e. The van der Waals surface area contributed by atoms with E-state index in [1.165, 1.54) is 16.7 Å². The minimum absolute atomic E-state index is 0.0211. The number of rotatable bonds is 4. The molecule has 0 aliphatic carbocycles. The molecule has 0 spiro atoms. The van der Waals surface area contributed by atoms with E-state index in [1.54, 1.807) is 7.05 Å². The Bertz CT molecular complexity index is 697. The van der Waals surface area contributed by atoms with E-state index in [9.17, 15) is 4.79 Å². The van der Waals surface area contributed by atoms with Crippen molar-refractivity contribution in [3.05, 3.63) is 34.9 Å². The van der Waals surface area contributed by atoms with Gasteiger partial charge >= 0.3 is 6.09 Å². The lowest BCUT2D eigenvalue weighted by atomic mass is 10.00. The summed E-state index contributed by atoms with van der Waals surface area (Å²) in [6.45, 7) is 12.9. The van der Waals surface area contributed by atoms with Crippen molar-refractivity contribution in [3.8, 4) is 0 Å². The van der Waals surface area contributed by atoms with Gasteiger partial charge in [-0.3, -0.25) is 4.99 Å². The maximum Gasteiger partial charge on any atom is 0.407 e. The molecule has 2 rings (SSSR count). The highest BCUT2D eigenvalue weighted by molar-refractivity contribution is 5.80. The molecule has 1 heterocycles. The van der Waals surface area contributed by atoms with Gasteiger partial charge in [-0.05, 0) is 45.7 Å². The van der Waals surface area contributed by atoms with Crippen molar-refractivity contribution < 1.29 is 14.3 Å². The summed E-state index contributed by atoms with van der Waals surface area (Å²) in [5, 5.41) is 6.05. The van der Waals surface area contributed by atoms with Gasteiger partial charge in [0.15, 0.2) is 5.96 Å². The number of morpholine rings is 1. The first-order valence-electron chi connectivity index (χ1n) is 9.81. The first-order chi connectivity index (χ1) is 13.2. The van der Waals surface area contributed by atoms with E-state index in [0.29, 0.717) is 19.7 Å². The SMILES string of the molecule is CN=C(NCCNC(=O)OC(C)(C)C)N1CCOC(c2ccc(C)cc2C)C1. The molecule has 0 bridgehead atoms. The molecule has 2 N–H and O–H groups in total. The number of carbonyl (C=O) groups is 1. The molecule has 0 aromatic heterocycles. The summed E-state index contributed by atoms with van der Waals surface area (Å²) < 4.78 is 11.3. The van der Waals surface area contributed by atoms with Crippen LogP contribution in [0.2, 0.25) is 0 Å². The van der Waals surface area contributed by atoms with Gasteiger partial charge in [-0.1, -0.05) is 23.8 Å². The molecule has 7 nitrogen and oxygen atoms in total. The molecule has 1 aliphatic rings. The standard InChI is InChI=1S/C21H34N4O3/c1-15-7-8-17(16(2)13-15)18-14-25(11-12-27-18)19(22-6)23-9-10-24-20(26)28-21(3,4)5/h7-8,13,18H,9-12,14H2,1-6H3,(H,22,23)(H,24,26). The average molecular weight is 391 g/mol. The lowest BCUT2D eigenvalue weighted by Crippen LogP contribution is -2.49. The Balaban J connectivity index is 1.86. The van der Waals surface area contributed by atoms with Crippen molar-refractivity contribution in [2.75, 3.05) is 39.8 Å². The number of guanidine groups is 1. The van der Waals surface area contributed by atoms with Crippen molar-refractivity contribution in [3.63, 3.8) is 0 Å². The van der Waals surface area contributed by atoms with Crippen LogP contribution in [0.25, 0.3) is 0 Å². The van der Waals surface area contributed by atoms with Crippen molar-refractivity contribution >= 4 is 12.1 Å². The largest absolute Gasteiger partial charge is 0.444 e. The number of nitrogens with one attached hydrogen (secondary N) is 2. The van der Waals surface area contributed by atoms with Gasteiger partial charge in [0, 0.05) is 26.7 Å². The Kier molecular flexibility index (Phi) is 7.69. The molecule has 1 saturated heterocycles. The Hall–Kier alpha value is -2.28. The second-order valence-electron chi connectivity index (χ2n) is 8.07. The zero-order valence-corrected chi connectivity index (χ0v) is 18.0. The molecule has 0 saturated carbocycles. The lowest BCUT2D eigenvalue weighted by molar-refractivity contribution is -0.00829. The van der Waals surface area contributed by atoms with E-state index >= 15 is 0 Å². The number of hydrogen-bond acceptors (Lipinski definition) is 4. The number of alkyl carbamates (subject to hydrolysis) is 1. The summed E-state index contributed by atoms with van der Waals surface area (Å²) in [5.41, 5.74) is 3.22. The van der Waals surface area contributed by atoms with E-state index in [2.05, 4.69) is 52.6 Å². The molecule has 28 heavy (non-hydrogen) atoms. The predicted molar refractivity (Wildman–Crippen MR) is 112 cm³/mol. The van der Waals surface area contributed by atoms with Crippen molar-refractivity contribution in [1.82, 2.24) is 15.5 Å². The first-order valence-corrected chi connectivity index (χ1v) is 9.81. The lowest BCUT2D eigenvalue weighted by Gasteiger charge is -2.35. The monoisotopic (exact) mass is 390 g/mol. The van der Waals surface area contributed by atoms with Gasteiger partial charge in [0.25, 0.3) is 0 Å². The van der Waals surface area contributed by atoms with Crippen LogP contribution in [0.3, 0.4) is 0 Å². The number of hydrogen-bond donors (Lipinski definition) is 2. The maximum absolute atomic E-state index is 11.7. The summed E-state index contributed by atoms with van der Waals surface area (Å²) in [6, 6.07) is 6.47. The smallest absolute Gasteiger partial charge is 0.407 e. The Labute approximate surface area is 168 Å². The Morgan fingerprint density at radius 2 is 2.00 bits per heavy atom. The van der Waals surface area contributed by atoms with Crippen LogP contribution in [0, 0.1) is 13.8 Å². The molecule has 0 radical (unpaired) electrons. The number of ether oxygens (including phenoxy) is 2. The summed E-state index contributed by atoms with van der Waals surface area (Å²) in [5.74, 6) is 0.809. The van der Waals surface area contributed by atoms with Gasteiger partial charge in [-0.25, -0.2) is 4.79 Å². The average Bonchev–Trinajstić information content (AvgIpc) is 2.60. The maximum atomic E-state index is 11.7. The molecule has 1 unspecified atom stereocenters. The van der Waals surface area contributed by atoms with Crippen LogP contribution < -0.4 is 10.6 Å². The summed E-state index contributed by atoms with van der Waals surface area (Å²) >= 11 is 0. The van der Waals surface area contributed by atoms with Gasteiger partial charge < -0.3 is 25.0 Å². The minimum atomic E-state index is -0.496. The molecular formula is C21H34N4O3. The van der Waals surface area contributed by atoms with E-state index in [0.717, 1.165) is 19.0 Å². The zero-order valence-electron chi connectivity index (χ0n) is 18.0. The number of aryl methyl sites for hydroxylation is 2. The molecule has 1 aliphatic heterocycles. The molecule has 156 valence electrons. The number of carbonyl (C=O) groups excluding carboxylic acids is 1. The Morgan fingerprint density at radius 3 is 2.64 bits per heavy atom. The molecule has 1 aromatic carbocycles. The fourth-order valence-electron chi connectivity index (χ4n) is 3.20. The van der Waals surface area contributed by atoms with Crippen molar-refractivity contribution in [2.24, 2.45) is 4.99 Å². The third-order valence-electron chi connectivity index (χ3n) is 4.43. The highest BCUT2D eigenvalue weighted by Crippen LogP contribution is 2.25. The van der Waals surface area contributed by atoms with E-state index in [1.807, 2.05) is 20.8 Å². The topological polar surface area (TPSA) is 75.2 Å². The highest BCUT2D eigenvalue weighted by atomic mass is 16.6. The van der Waals surface area contributed by atoms with Crippen LogP contribution >= 0.6 is 0 Å². The zero-order chi connectivity index (χ0) is 20.7. The van der Waals surface area contributed by atoms with Gasteiger partial charge in [0.1, 0.15) is 11.7 Å². The molecule has 7 heteroatoms. The fraction of sp³-hybridized carbons (Fsp3) is 0.619. The normalized spacial score (nSPS) is 18.0.